The lowest BCUT2D eigenvalue weighted by atomic mass is 10.2. The van der Waals surface area contributed by atoms with Crippen molar-refractivity contribution in [3.63, 3.8) is 0 Å². The Morgan fingerprint density at radius 3 is 2.64 bits per heavy atom. The lowest BCUT2D eigenvalue weighted by Gasteiger charge is -2.15. The van der Waals surface area contributed by atoms with Crippen LogP contribution in [0.1, 0.15) is 15.9 Å². The van der Waals surface area contributed by atoms with E-state index in [-0.39, 0.29) is 16.0 Å². The topological polar surface area (TPSA) is 69.6 Å². The van der Waals surface area contributed by atoms with Crippen molar-refractivity contribution in [1.29, 1.82) is 0 Å². The van der Waals surface area contributed by atoms with E-state index >= 15 is 0 Å². The summed E-state index contributed by atoms with van der Waals surface area (Å²) in [6.45, 7) is 0. The Morgan fingerprint density at radius 2 is 1.96 bits per heavy atom. The lowest BCUT2D eigenvalue weighted by Crippen LogP contribution is -2.44. The summed E-state index contributed by atoms with van der Waals surface area (Å²) in [4.78, 5) is 25.2. The number of rotatable bonds is 3. The number of hydrogen-bond donors (Lipinski definition) is 2. The van der Waals surface area contributed by atoms with Crippen LogP contribution < -0.4 is 5.43 Å². The van der Waals surface area contributed by atoms with E-state index in [0.717, 1.165) is 26.8 Å². The number of amides is 2. The molecule has 0 aromatic heterocycles. The average molecular weight is 435 g/mol. The Kier molecular flexibility index (Phi) is 5.22. The van der Waals surface area contributed by atoms with Crippen LogP contribution in [-0.2, 0) is 4.79 Å². The molecule has 0 bridgehead atoms. The number of hydrogen-bond acceptors (Lipinski definition) is 5. The first-order chi connectivity index (χ1) is 11.9. The molecule has 8 heteroatoms. The maximum absolute atomic E-state index is 12.5. The molecule has 1 saturated heterocycles. The molecule has 0 unspecified atom stereocenters. The van der Waals surface area contributed by atoms with Crippen molar-refractivity contribution < 1.29 is 14.7 Å². The number of hydrazine groups is 1. The summed E-state index contributed by atoms with van der Waals surface area (Å²) in [7, 11) is 0. The van der Waals surface area contributed by atoms with Crippen molar-refractivity contribution >= 4 is 62.1 Å². The van der Waals surface area contributed by atoms with E-state index < -0.39 is 5.91 Å². The van der Waals surface area contributed by atoms with Crippen LogP contribution in [0.3, 0.4) is 0 Å². The first-order valence-electron chi connectivity index (χ1n) is 7.07. The molecule has 0 atom stereocenters. The first kappa shape index (κ1) is 17.7. The van der Waals surface area contributed by atoms with Crippen LogP contribution in [-0.4, -0.2) is 26.3 Å². The van der Waals surface area contributed by atoms with E-state index in [1.165, 1.54) is 24.3 Å². The number of thioether (sulfide) groups is 1. The van der Waals surface area contributed by atoms with Crippen LogP contribution in [0.25, 0.3) is 6.08 Å². The molecular weight excluding hydrogens is 424 g/mol. The number of carbonyl (C=O) groups excluding carboxylic acids is 2. The predicted octanol–water partition coefficient (Wildman–Crippen LogP) is 3.70. The molecular formula is C17H11BrN2O3S2. The van der Waals surface area contributed by atoms with Crippen LogP contribution in [0, 0.1) is 0 Å². The van der Waals surface area contributed by atoms with Crippen LogP contribution in [0.2, 0.25) is 0 Å². The second-order valence-corrected chi connectivity index (χ2v) is 7.65. The van der Waals surface area contributed by atoms with Crippen LogP contribution in [0.15, 0.2) is 57.9 Å². The highest BCUT2D eigenvalue weighted by atomic mass is 79.9. The maximum Gasteiger partial charge on any atom is 0.285 e. The van der Waals surface area contributed by atoms with Crippen molar-refractivity contribution in [2.45, 2.75) is 0 Å². The number of benzene rings is 2. The highest BCUT2D eigenvalue weighted by Gasteiger charge is 2.33. The largest absolute Gasteiger partial charge is 0.508 e. The fourth-order valence-corrected chi connectivity index (χ4v) is 3.69. The van der Waals surface area contributed by atoms with E-state index in [9.17, 15) is 14.7 Å². The van der Waals surface area contributed by atoms with Crippen molar-refractivity contribution in [2.24, 2.45) is 0 Å². The van der Waals surface area contributed by atoms with Gasteiger partial charge in [0, 0.05) is 10.0 Å². The molecule has 2 N–H and O–H groups in total. The number of halogens is 1. The number of thiocarbonyl (C=S) groups is 1. The fraction of sp³-hybridized carbons (Fsp3) is 0. The van der Waals surface area contributed by atoms with E-state index in [1.807, 2.05) is 24.3 Å². The minimum atomic E-state index is -0.486. The molecule has 2 aromatic carbocycles. The number of phenolic OH excluding ortho intramolecular Hbond substituents is 1. The van der Waals surface area contributed by atoms with Gasteiger partial charge in [0.25, 0.3) is 11.8 Å². The van der Waals surface area contributed by atoms with Gasteiger partial charge in [-0.3, -0.25) is 15.0 Å². The highest BCUT2D eigenvalue weighted by Crippen LogP contribution is 2.31. The summed E-state index contributed by atoms with van der Waals surface area (Å²) in [5, 5.41) is 10.3. The van der Waals surface area contributed by atoms with E-state index in [2.05, 4.69) is 21.4 Å². The quantitative estimate of drug-likeness (QED) is 0.569. The molecule has 1 aliphatic heterocycles. The summed E-state index contributed by atoms with van der Waals surface area (Å²) in [6.07, 6.45) is 1.72. The molecule has 2 aromatic rings. The first-order valence-corrected chi connectivity index (χ1v) is 9.09. The highest BCUT2D eigenvalue weighted by molar-refractivity contribution is 9.10. The summed E-state index contributed by atoms with van der Waals surface area (Å²) in [5.74, 6) is -0.818. The number of nitrogens with one attached hydrogen (secondary N) is 1. The van der Waals surface area contributed by atoms with E-state index in [1.54, 1.807) is 6.08 Å². The Morgan fingerprint density at radius 1 is 1.24 bits per heavy atom. The summed E-state index contributed by atoms with van der Waals surface area (Å²) in [5.41, 5.74) is 3.65. The second-order valence-electron chi connectivity index (χ2n) is 5.06. The van der Waals surface area contributed by atoms with E-state index in [4.69, 9.17) is 12.2 Å². The number of phenols is 1. The molecule has 1 aliphatic rings. The minimum Gasteiger partial charge on any atom is -0.508 e. The van der Waals surface area contributed by atoms with Gasteiger partial charge in [-0.15, -0.1) is 0 Å². The molecule has 1 heterocycles. The van der Waals surface area contributed by atoms with Gasteiger partial charge < -0.3 is 5.11 Å². The maximum atomic E-state index is 12.5. The van der Waals surface area contributed by atoms with E-state index in [0.29, 0.717) is 10.5 Å². The van der Waals surface area contributed by atoms with Crippen LogP contribution >= 0.6 is 39.9 Å². The SMILES string of the molecule is O=C(NN1C(=O)C(=Cc2cccc(Br)c2)SC1=S)c1ccc(O)cc1. The Bertz CT molecular complexity index is 897. The van der Waals surface area contributed by atoms with Crippen molar-refractivity contribution in [3.05, 3.63) is 69.0 Å². The van der Waals surface area contributed by atoms with Gasteiger partial charge in [-0.1, -0.05) is 39.8 Å². The molecule has 5 nitrogen and oxygen atoms in total. The van der Waals surface area contributed by atoms with Crippen molar-refractivity contribution in [2.75, 3.05) is 0 Å². The van der Waals surface area contributed by atoms with Gasteiger partial charge in [-0.25, -0.2) is 0 Å². The van der Waals surface area contributed by atoms with Crippen molar-refractivity contribution in [3.8, 4) is 5.75 Å². The Labute approximate surface area is 161 Å². The molecule has 25 heavy (non-hydrogen) atoms. The zero-order chi connectivity index (χ0) is 18.0. The molecule has 0 aliphatic carbocycles. The number of nitrogens with zero attached hydrogens (tertiary/aromatic N) is 1. The zero-order valence-electron chi connectivity index (χ0n) is 12.6. The predicted molar refractivity (Wildman–Crippen MR) is 105 cm³/mol. The smallest absolute Gasteiger partial charge is 0.285 e. The van der Waals surface area contributed by atoms with Gasteiger partial charge in [0.05, 0.1) is 4.91 Å². The van der Waals surface area contributed by atoms with Gasteiger partial charge in [-0.05, 0) is 60.3 Å². The molecule has 0 radical (unpaired) electrons. The summed E-state index contributed by atoms with van der Waals surface area (Å²) >= 11 is 9.69. The van der Waals surface area contributed by atoms with Gasteiger partial charge >= 0.3 is 0 Å². The van der Waals surface area contributed by atoms with Crippen LogP contribution in [0.5, 0.6) is 5.75 Å². The Hall–Kier alpha value is -2.16. The monoisotopic (exact) mass is 434 g/mol. The second kappa shape index (κ2) is 7.38. The standard InChI is InChI=1S/C17H11BrN2O3S2/c18-12-3-1-2-10(8-12)9-14-16(23)20(17(24)25-14)19-15(22)11-4-6-13(21)7-5-11/h1-9,21H,(H,19,22). The average Bonchev–Trinajstić information content (AvgIpc) is 2.83. The number of carbonyl (C=O) groups is 2. The third kappa shape index (κ3) is 4.09. The van der Waals surface area contributed by atoms with Gasteiger partial charge in [0.1, 0.15) is 5.75 Å². The van der Waals surface area contributed by atoms with Gasteiger partial charge in [0.15, 0.2) is 4.32 Å². The molecule has 0 saturated carbocycles. The molecule has 126 valence electrons. The normalized spacial score (nSPS) is 15.7. The minimum absolute atomic E-state index is 0.0547. The molecule has 2 amide bonds. The van der Waals surface area contributed by atoms with Crippen LogP contribution in [0.4, 0.5) is 0 Å². The summed E-state index contributed by atoms with van der Waals surface area (Å²) in [6, 6.07) is 13.2. The Balaban J connectivity index is 1.77. The zero-order valence-corrected chi connectivity index (χ0v) is 15.8. The fourth-order valence-electron chi connectivity index (χ4n) is 2.09. The lowest BCUT2D eigenvalue weighted by molar-refractivity contribution is -0.123. The third-order valence-electron chi connectivity index (χ3n) is 3.28. The molecule has 0 spiro atoms. The van der Waals surface area contributed by atoms with Gasteiger partial charge in [-0.2, -0.15) is 5.01 Å². The third-order valence-corrected chi connectivity index (χ3v) is 5.08. The van der Waals surface area contributed by atoms with Gasteiger partial charge in [0.2, 0.25) is 0 Å². The molecule has 1 fully saturated rings. The summed E-state index contributed by atoms with van der Waals surface area (Å²) < 4.78 is 1.15. The van der Waals surface area contributed by atoms with Crippen molar-refractivity contribution in [1.82, 2.24) is 10.4 Å². The number of aromatic hydroxyl groups is 1. The molecule has 3 rings (SSSR count).